The van der Waals surface area contributed by atoms with Crippen LogP contribution in [0.1, 0.15) is 32.0 Å². The van der Waals surface area contributed by atoms with Crippen LogP contribution in [0.2, 0.25) is 0 Å². The molecule has 0 atom stereocenters. The van der Waals surface area contributed by atoms with Crippen molar-refractivity contribution >= 4 is 16.7 Å². The first-order valence-electron chi connectivity index (χ1n) is 5.63. The molecule has 0 fully saturated rings. The summed E-state index contributed by atoms with van der Waals surface area (Å²) in [6.07, 6.45) is 0. The van der Waals surface area contributed by atoms with Crippen molar-refractivity contribution in [1.82, 2.24) is 4.98 Å². The van der Waals surface area contributed by atoms with Gasteiger partial charge in [0.15, 0.2) is 0 Å². The number of hydrogen-bond acceptors (Lipinski definition) is 2. The van der Waals surface area contributed by atoms with Gasteiger partial charge < -0.3 is 5.73 Å². The van der Waals surface area contributed by atoms with Crippen LogP contribution in [0, 0.1) is 5.41 Å². The number of nitrogens with two attached hydrogens (primary N) is 1. The van der Waals surface area contributed by atoms with Crippen molar-refractivity contribution in [3.8, 4) is 0 Å². The number of nitrogens with zero attached hydrogens (tertiary/aromatic N) is 1. The topological polar surface area (TPSA) is 62.8 Å². The van der Waals surface area contributed by atoms with Gasteiger partial charge in [0.05, 0.1) is 5.52 Å². The van der Waals surface area contributed by atoms with Gasteiger partial charge in [-0.1, -0.05) is 39.0 Å². The smallest absolute Gasteiger partial charge is 0.141 e. The standard InChI is InChI=1S/C14H17N3/c1-14(2,3)10-6-4-9-5-7-11(13(15)16)17-12(9)8-10/h4-8H,1-3H3,(H3,15,16). The first-order valence-corrected chi connectivity index (χ1v) is 5.63. The summed E-state index contributed by atoms with van der Waals surface area (Å²) in [5.74, 6) is 0.00746. The minimum absolute atomic E-state index is 0.00746. The molecule has 17 heavy (non-hydrogen) atoms. The van der Waals surface area contributed by atoms with Gasteiger partial charge in [0, 0.05) is 5.39 Å². The lowest BCUT2D eigenvalue weighted by atomic mass is 9.86. The van der Waals surface area contributed by atoms with E-state index in [2.05, 4.69) is 44.0 Å². The minimum Gasteiger partial charge on any atom is -0.382 e. The van der Waals surface area contributed by atoms with Crippen molar-refractivity contribution in [1.29, 1.82) is 5.41 Å². The first-order chi connectivity index (χ1) is 7.88. The maximum atomic E-state index is 7.40. The number of nitrogens with one attached hydrogen (secondary N) is 1. The van der Waals surface area contributed by atoms with Crippen LogP contribution >= 0.6 is 0 Å². The molecule has 0 bridgehead atoms. The zero-order chi connectivity index (χ0) is 12.6. The fourth-order valence-electron chi connectivity index (χ4n) is 1.73. The van der Waals surface area contributed by atoms with Gasteiger partial charge in [-0.3, -0.25) is 5.41 Å². The Hall–Kier alpha value is -1.90. The average Bonchev–Trinajstić information content (AvgIpc) is 2.26. The molecule has 88 valence electrons. The highest BCUT2D eigenvalue weighted by atomic mass is 14.8. The molecule has 3 N–H and O–H groups in total. The third-order valence-electron chi connectivity index (χ3n) is 2.83. The summed E-state index contributed by atoms with van der Waals surface area (Å²) >= 11 is 0. The predicted molar refractivity (Wildman–Crippen MR) is 71.5 cm³/mol. The predicted octanol–water partition coefficient (Wildman–Crippen LogP) is 2.82. The second-order valence-corrected chi connectivity index (χ2v) is 5.27. The van der Waals surface area contributed by atoms with Crippen LogP contribution in [0.3, 0.4) is 0 Å². The van der Waals surface area contributed by atoms with E-state index in [0.717, 1.165) is 10.9 Å². The quantitative estimate of drug-likeness (QED) is 0.581. The van der Waals surface area contributed by atoms with Crippen molar-refractivity contribution in [2.24, 2.45) is 5.73 Å². The highest BCUT2D eigenvalue weighted by molar-refractivity contribution is 5.95. The number of pyridine rings is 1. The largest absolute Gasteiger partial charge is 0.382 e. The zero-order valence-corrected chi connectivity index (χ0v) is 10.4. The SMILES string of the molecule is CC(C)(C)c1ccc2ccc(C(=N)N)nc2c1. The number of rotatable bonds is 1. The summed E-state index contributed by atoms with van der Waals surface area (Å²) in [6.45, 7) is 6.51. The molecule has 0 aliphatic heterocycles. The Labute approximate surface area is 101 Å². The van der Waals surface area contributed by atoms with Gasteiger partial charge in [0.25, 0.3) is 0 Å². The lowest BCUT2D eigenvalue weighted by molar-refractivity contribution is 0.591. The van der Waals surface area contributed by atoms with E-state index in [-0.39, 0.29) is 11.3 Å². The summed E-state index contributed by atoms with van der Waals surface area (Å²) in [4.78, 5) is 4.40. The Morgan fingerprint density at radius 3 is 2.41 bits per heavy atom. The minimum atomic E-state index is 0.00746. The summed E-state index contributed by atoms with van der Waals surface area (Å²) in [6, 6.07) is 9.99. The van der Waals surface area contributed by atoms with Gasteiger partial charge in [0.2, 0.25) is 0 Å². The number of aromatic nitrogens is 1. The molecule has 2 aromatic rings. The maximum Gasteiger partial charge on any atom is 0.141 e. The molecule has 0 unspecified atom stereocenters. The van der Waals surface area contributed by atoms with Crippen molar-refractivity contribution in [3.05, 3.63) is 41.6 Å². The summed E-state index contributed by atoms with van der Waals surface area (Å²) < 4.78 is 0. The highest BCUT2D eigenvalue weighted by Crippen LogP contribution is 2.25. The van der Waals surface area contributed by atoms with Crippen LogP contribution in [-0.2, 0) is 5.41 Å². The third-order valence-corrected chi connectivity index (χ3v) is 2.83. The summed E-state index contributed by atoms with van der Waals surface area (Å²) in [7, 11) is 0. The van der Waals surface area contributed by atoms with E-state index < -0.39 is 0 Å². The Kier molecular flexibility index (Phi) is 2.62. The van der Waals surface area contributed by atoms with E-state index in [1.807, 2.05) is 6.07 Å². The molecule has 1 aromatic heterocycles. The maximum absolute atomic E-state index is 7.40. The molecular formula is C14H17N3. The van der Waals surface area contributed by atoms with Crippen LogP contribution in [0.25, 0.3) is 10.9 Å². The molecule has 0 amide bonds. The molecule has 1 aromatic carbocycles. The second-order valence-electron chi connectivity index (χ2n) is 5.27. The number of hydrogen-bond donors (Lipinski definition) is 2. The second kappa shape index (κ2) is 3.84. The van der Waals surface area contributed by atoms with Gasteiger partial charge in [-0.15, -0.1) is 0 Å². The van der Waals surface area contributed by atoms with E-state index in [0.29, 0.717) is 5.69 Å². The molecule has 0 saturated heterocycles. The Morgan fingerprint density at radius 2 is 1.82 bits per heavy atom. The van der Waals surface area contributed by atoms with E-state index >= 15 is 0 Å². The van der Waals surface area contributed by atoms with Crippen molar-refractivity contribution in [3.63, 3.8) is 0 Å². The van der Waals surface area contributed by atoms with Gasteiger partial charge in [-0.05, 0) is 23.1 Å². The molecule has 3 heteroatoms. The lowest BCUT2D eigenvalue weighted by Gasteiger charge is -2.19. The fourth-order valence-corrected chi connectivity index (χ4v) is 1.73. The molecule has 3 nitrogen and oxygen atoms in total. The number of benzene rings is 1. The normalized spacial score (nSPS) is 11.7. The van der Waals surface area contributed by atoms with Crippen LogP contribution in [0.4, 0.5) is 0 Å². The van der Waals surface area contributed by atoms with Gasteiger partial charge in [-0.25, -0.2) is 4.98 Å². The van der Waals surface area contributed by atoms with Crippen molar-refractivity contribution in [2.45, 2.75) is 26.2 Å². The van der Waals surface area contributed by atoms with E-state index in [1.54, 1.807) is 6.07 Å². The molecule has 0 radical (unpaired) electrons. The molecular weight excluding hydrogens is 210 g/mol. The fraction of sp³-hybridized carbons (Fsp3) is 0.286. The van der Waals surface area contributed by atoms with Crippen LogP contribution in [0.15, 0.2) is 30.3 Å². The van der Waals surface area contributed by atoms with Gasteiger partial charge in [0.1, 0.15) is 11.5 Å². The van der Waals surface area contributed by atoms with Crippen LogP contribution in [0.5, 0.6) is 0 Å². The Morgan fingerprint density at radius 1 is 1.18 bits per heavy atom. The van der Waals surface area contributed by atoms with Gasteiger partial charge >= 0.3 is 0 Å². The molecule has 0 aliphatic rings. The highest BCUT2D eigenvalue weighted by Gasteiger charge is 2.14. The van der Waals surface area contributed by atoms with E-state index in [4.69, 9.17) is 11.1 Å². The van der Waals surface area contributed by atoms with Crippen LogP contribution in [-0.4, -0.2) is 10.8 Å². The van der Waals surface area contributed by atoms with Gasteiger partial charge in [-0.2, -0.15) is 0 Å². The monoisotopic (exact) mass is 227 g/mol. The van der Waals surface area contributed by atoms with Crippen LogP contribution < -0.4 is 5.73 Å². The molecule has 0 spiro atoms. The van der Waals surface area contributed by atoms with Crippen molar-refractivity contribution in [2.75, 3.05) is 0 Å². The molecule has 2 rings (SSSR count). The lowest BCUT2D eigenvalue weighted by Crippen LogP contribution is -2.13. The Balaban J connectivity index is 2.62. The Bertz CT molecular complexity index is 580. The summed E-state index contributed by atoms with van der Waals surface area (Å²) in [5.41, 5.74) is 8.21. The number of amidine groups is 1. The first kappa shape index (κ1) is 11.6. The van der Waals surface area contributed by atoms with Crippen molar-refractivity contribution < 1.29 is 0 Å². The number of nitrogen functional groups attached to an aromatic ring is 1. The van der Waals surface area contributed by atoms with E-state index in [9.17, 15) is 0 Å². The molecule has 0 saturated carbocycles. The summed E-state index contributed by atoms with van der Waals surface area (Å²) in [5, 5.41) is 8.47. The average molecular weight is 227 g/mol. The molecule has 1 heterocycles. The number of fused-ring (bicyclic) bond motifs is 1. The molecule has 0 aliphatic carbocycles. The third kappa shape index (κ3) is 2.28. The van der Waals surface area contributed by atoms with E-state index in [1.165, 1.54) is 5.56 Å². The zero-order valence-electron chi connectivity index (χ0n) is 10.4.